The number of carbonyl (C=O) groups excluding carboxylic acids is 1. The van der Waals surface area contributed by atoms with Crippen LogP contribution in [0, 0.1) is 0 Å². The largest absolute Gasteiger partial charge is 0.369 e. The summed E-state index contributed by atoms with van der Waals surface area (Å²) in [6, 6.07) is 30.5. The number of rotatable bonds is 8. The number of nitrogens with zero attached hydrogens (tertiary/aromatic N) is 3. The Hall–Kier alpha value is -3.11. The van der Waals surface area contributed by atoms with Gasteiger partial charge in [0.1, 0.15) is 0 Å². The molecule has 1 amide bonds. The Bertz CT molecular complexity index is 1080. The average molecular weight is 496 g/mol. The first kappa shape index (κ1) is 25.5. The van der Waals surface area contributed by atoms with Gasteiger partial charge in [-0.15, -0.1) is 0 Å². The lowest BCUT2D eigenvalue weighted by Crippen LogP contribution is -2.47. The number of hydrogen-bond acceptors (Lipinski definition) is 3. The number of anilines is 1. The van der Waals surface area contributed by atoms with Gasteiger partial charge in [-0.25, -0.2) is 0 Å². The molecule has 0 unspecified atom stereocenters. The van der Waals surface area contributed by atoms with Gasteiger partial charge in [0.25, 0.3) is 5.91 Å². The fourth-order valence-corrected chi connectivity index (χ4v) is 6.11. The first-order valence-corrected chi connectivity index (χ1v) is 14.1. The van der Waals surface area contributed by atoms with Crippen LogP contribution in [0.3, 0.4) is 0 Å². The fraction of sp³-hybridized carbons (Fsp3) is 0.424. The molecule has 1 saturated heterocycles. The highest BCUT2D eigenvalue weighted by molar-refractivity contribution is 5.95. The molecule has 1 saturated carbocycles. The average Bonchev–Trinajstić information content (AvgIpc) is 2.98. The highest BCUT2D eigenvalue weighted by Crippen LogP contribution is 2.29. The normalized spacial score (nSPS) is 17.2. The van der Waals surface area contributed by atoms with Gasteiger partial charge < -0.3 is 9.80 Å². The molecule has 0 radical (unpaired) electrons. The third kappa shape index (κ3) is 6.42. The summed E-state index contributed by atoms with van der Waals surface area (Å²) in [6.07, 6.45) is 7.18. The van der Waals surface area contributed by atoms with E-state index in [1.54, 1.807) is 0 Å². The van der Waals surface area contributed by atoms with E-state index in [0.29, 0.717) is 12.0 Å². The van der Waals surface area contributed by atoms with E-state index in [1.165, 1.54) is 36.1 Å². The Balaban J connectivity index is 1.17. The molecule has 0 bridgehead atoms. The number of benzene rings is 3. The predicted octanol–water partition coefficient (Wildman–Crippen LogP) is 6.44. The molecule has 3 aromatic rings. The van der Waals surface area contributed by atoms with E-state index in [9.17, 15) is 4.79 Å². The number of amides is 1. The molecular formula is C33H41N3O. The van der Waals surface area contributed by atoms with Crippen LogP contribution in [0.1, 0.15) is 65.9 Å². The highest BCUT2D eigenvalue weighted by atomic mass is 16.2. The molecule has 0 N–H and O–H groups in total. The molecule has 2 fully saturated rings. The second-order valence-corrected chi connectivity index (χ2v) is 10.7. The predicted molar refractivity (Wildman–Crippen MR) is 153 cm³/mol. The molecule has 4 nitrogen and oxygen atoms in total. The lowest BCUT2D eigenvalue weighted by molar-refractivity contribution is 0.0696. The van der Waals surface area contributed by atoms with Crippen molar-refractivity contribution in [3.8, 4) is 0 Å². The molecular weight excluding hydrogens is 454 g/mol. The molecule has 1 heterocycles. The minimum Gasteiger partial charge on any atom is -0.369 e. The molecule has 37 heavy (non-hydrogen) atoms. The Labute approximate surface area is 222 Å². The molecule has 1 aliphatic carbocycles. The van der Waals surface area contributed by atoms with Crippen LogP contribution in [0.15, 0.2) is 84.9 Å². The van der Waals surface area contributed by atoms with Crippen molar-refractivity contribution in [2.24, 2.45) is 0 Å². The van der Waals surface area contributed by atoms with Gasteiger partial charge in [0.15, 0.2) is 0 Å². The van der Waals surface area contributed by atoms with E-state index in [4.69, 9.17) is 0 Å². The minimum atomic E-state index is 0.167. The van der Waals surface area contributed by atoms with Crippen LogP contribution in [-0.2, 0) is 0 Å². The van der Waals surface area contributed by atoms with Crippen LogP contribution < -0.4 is 4.90 Å². The first-order chi connectivity index (χ1) is 18.2. The van der Waals surface area contributed by atoms with E-state index in [0.717, 1.165) is 57.5 Å². The zero-order chi connectivity index (χ0) is 25.5. The maximum atomic E-state index is 13.2. The molecule has 2 aliphatic rings. The van der Waals surface area contributed by atoms with Gasteiger partial charge >= 0.3 is 0 Å². The molecule has 1 aliphatic heterocycles. The molecule has 0 spiro atoms. The summed E-state index contributed by atoms with van der Waals surface area (Å²) in [5.41, 5.74) is 4.79. The van der Waals surface area contributed by atoms with Gasteiger partial charge in [0, 0.05) is 56.4 Å². The van der Waals surface area contributed by atoms with Crippen LogP contribution in [0.5, 0.6) is 0 Å². The number of carbonyl (C=O) groups is 1. The Kier molecular flexibility index (Phi) is 8.57. The topological polar surface area (TPSA) is 26.8 Å². The van der Waals surface area contributed by atoms with Gasteiger partial charge in [-0.1, -0.05) is 86.0 Å². The SMILES string of the molecule is CN(C(=O)c1cccc(N2CCN(CCC(c3ccccc3)c3ccccc3)CC2)c1)C1CCCCC1. The summed E-state index contributed by atoms with van der Waals surface area (Å²) < 4.78 is 0. The van der Waals surface area contributed by atoms with Crippen molar-refractivity contribution in [2.75, 3.05) is 44.7 Å². The van der Waals surface area contributed by atoms with Gasteiger partial charge in [0.05, 0.1) is 0 Å². The molecule has 0 atom stereocenters. The summed E-state index contributed by atoms with van der Waals surface area (Å²) in [6.45, 7) is 5.19. The summed E-state index contributed by atoms with van der Waals surface area (Å²) in [4.78, 5) is 20.2. The lowest BCUT2D eigenvalue weighted by Gasteiger charge is -2.37. The van der Waals surface area contributed by atoms with Crippen LogP contribution in [0.4, 0.5) is 5.69 Å². The minimum absolute atomic E-state index is 0.167. The van der Waals surface area contributed by atoms with E-state index >= 15 is 0 Å². The van der Waals surface area contributed by atoms with Gasteiger partial charge in [0.2, 0.25) is 0 Å². The quantitative estimate of drug-likeness (QED) is 0.360. The van der Waals surface area contributed by atoms with Crippen LogP contribution in [0.2, 0.25) is 0 Å². The number of piperazine rings is 1. The van der Waals surface area contributed by atoms with Crippen molar-refractivity contribution in [1.82, 2.24) is 9.80 Å². The standard InChI is InChI=1S/C33H41N3O/c1-34(30-17-9-4-10-18-30)33(37)29-16-11-19-31(26-29)36-24-22-35(23-25-36)21-20-32(27-12-5-2-6-13-27)28-14-7-3-8-15-28/h2-3,5-8,11-16,19,26,30,32H,4,9-10,17-18,20-25H2,1H3. The lowest BCUT2D eigenvalue weighted by atomic mass is 9.88. The molecule has 5 rings (SSSR count). The molecule has 3 aromatic carbocycles. The van der Waals surface area contributed by atoms with Crippen molar-refractivity contribution in [2.45, 2.75) is 50.5 Å². The van der Waals surface area contributed by atoms with Crippen LogP contribution >= 0.6 is 0 Å². The first-order valence-electron chi connectivity index (χ1n) is 14.1. The Morgan fingerprint density at radius 3 is 2.05 bits per heavy atom. The second-order valence-electron chi connectivity index (χ2n) is 10.7. The molecule has 0 aromatic heterocycles. The van der Waals surface area contributed by atoms with Crippen LogP contribution in [-0.4, -0.2) is 61.5 Å². The zero-order valence-corrected chi connectivity index (χ0v) is 22.3. The third-order valence-electron chi connectivity index (χ3n) is 8.41. The van der Waals surface area contributed by atoms with Crippen molar-refractivity contribution >= 4 is 11.6 Å². The summed E-state index contributed by atoms with van der Waals surface area (Å²) in [7, 11) is 1.99. The summed E-state index contributed by atoms with van der Waals surface area (Å²) in [5.74, 6) is 0.588. The van der Waals surface area contributed by atoms with Crippen molar-refractivity contribution in [3.63, 3.8) is 0 Å². The van der Waals surface area contributed by atoms with Crippen molar-refractivity contribution in [3.05, 3.63) is 102 Å². The zero-order valence-electron chi connectivity index (χ0n) is 22.3. The van der Waals surface area contributed by atoms with Gasteiger partial charge in [-0.05, 0) is 55.1 Å². The third-order valence-corrected chi connectivity index (χ3v) is 8.41. The monoisotopic (exact) mass is 495 g/mol. The van der Waals surface area contributed by atoms with Crippen LogP contribution in [0.25, 0.3) is 0 Å². The maximum absolute atomic E-state index is 13.2. The van der Waals surface area contributed by atoms with E-state index < -0.39 is 0 Å². The van der Waals surface area contributed by atoms with E-state index in [1.807, 2.05) is 24.1 Å². The Morgan fingerprint density at radius 2 is 1.43 bits per heavy atom. The fourth-order valence-electron chi connectivity index (χ4n) is 6.11. The molecule has 194 valence electrons. The Morgan fingerprint density at radius 1 is 0.811 bits per heavy atom. The molecule has 4 heteroatoms. The highest BCUT2D eigenvalue weighted by Gasteiger charge is 2.24. The van der Waals surface area contributed by atoms with E-state index in [2.05, 4.69) is 82.6 Å². The number of hydrogen-bond donors (Lipinski definition) is 0. The summed E-state index contributed by atoms with van der Waals surface area (Å²) in [5, 5.41) is 0. The maximum Gasteiger partial charge on any atom is 0.253 e. The van der Waals surface area contributed by atoms with Crippen molar-refractivity contribution in [1.29, 1.82) is 0 Å². The second kappa shape index (κ2) is 12.4. The smallest absolute Gasteiger partial charge is 0.253 e. The van der Waals surface area contributed by atoms with E-state index in [-0.39, 0.29) is 5.91 Å². The van der Waals surface area contributed by atoms with Crippen molar-refractivity contribution < 1.29 is 4.79 Å². The van der Waals surface area contributed by atoms with Gasteiger partial charge in [-0.2, -0.15) is 0 Å². The van der Waals surface area contributed by atoms with Gasteiger partial charge in [-0.3, -0.25) is 9.69 Å². The summed E-state index contributed by atoms with van der Waals surface area (Å²) >= 11 is 0.